The molecule has 0 saturated carbocycles. The van der Waals surface area contributed by atoms with Crippen LogP contribution in [0.15, 0.2) is 54.4 Å². The van der Waals surface area contributed by atoms with Crippen LogP contribution in [0.5, 0.6) is 5.75 Å². The number of fused-ring (bicyclic) bond motifs is 3. The minimum atomic E-state index is -0.526. The molecule has 0 unspecified atom stereocenters. The molecule has 0 saturated heterocycles. The van der Waals surface area contributed by atoms with Gasteiger partial charge in [0, 0.05) is 5.39 Å². The quantitative estimate of drug-likeness (QED) is 0.551. The third kappa shape index (κ3) is 1.17. The maximum absolute atomic E-state index is 10.2. The molecule has 0 heterocycles. The highest BCUT2D eigenvalue weighted by atomic mass is 16.3. The second-order valence-corrected chi connectivity index (χ2v) is 3.07. The van der Waals surface area contributed by atoms with Crippen molar-refractivity contribution < 1.29 is 16.1 Å². The maximum Gasteiger partial charge on any atom is 0.124 e. The molecule has 0 radical (unpaired) electrons. The summed E-state index contributed by atoms with van der Waals surface area (Å²) < 4.78 is 62.8. The molecule has 0 fully saturated rings. The molecule has 0 aromatic heterocycles. The minimum Gasteiger partial charge on any atom is -0.507 e. The molecule has 3 aromatic carbocycles. The van der Waals surface area contributed by atoms with Crippen molar-refractivity contribution >= 4 is 21.5 Å². The van der Waals surface area contributed by atoms with Crippen LogP contribution in [0.25, 0.3) is 21.5 Å². The van der Waals surface area contributed by atoms with Crippen molar-refractivity contribution in [3.05, 3.63) is 54.4 Å². The monoisotopic (exact) mass is 202 g/mol. The summed E-state index contributed by atoms with van der Waals surface area (Å²) in [6.07, 6.45) is 0. The summed E-state index contributed by atoms with van der Waals surface area (Å²) in [6, 6.07) is -2.58. The molecule has 15 heavy (non-hydrogen) atoms. The van der Waals surface area contributed by atoms with Gasteiger partial charge < -0.3 is 5.11 Å². The van der Waals surface area contributed by atoms with Crippen LogP contribution in [-0.4, -0.2) is 5.11 Å². The molecular weight excluding hydrogens is 184 g/mol. The first-order chi connectivity index (χ1) is 10.7. The highest BCUT2D eigenvalue weighted by Gasteiger charge is 2.03. The van der Waals surface area contributed by atoms with E-state index in [9.17, 15) is 5.11 Å². The molecule has 0 spiro atoms. The van der Waals surface area contributed by atoms with Crippen LogP contribution in [0.2, 0.25) is 0 Å². The van der Waals surface area contributed by atoms with E-state index < -0.39 is 48.0 Å². The zero-order chi connectivity index (χ0) is 17.2. The first kappa shape index (κ1) is 3.53. The number of benzene rings is 3. The second-order valence-electron chi connectivity index (χ2n) is 3.07. The van der Waals surface area contributed by atoms with Gasteiger partial charge in [0.1, 0.15) is 5.75 Å². The summed E-state index contributed by atoms with van der Waals surface area (Å²) >= 11 is 0. The van der Waals surface area contributed by atoms with E-state index in [1.54, 1.807) is 0 Å². The van der Waals surface area contributed by atoms with E-state index in [2.05, 4.69) is 0 Å². The van der Waals surface area contributed by atoms with E-state index in [-0.39, 0.29) is 27.6 Å². The molecule has 1 nitrogen and oxygen atoms in total. The summed E-state index contributed by atoms with van der Waals surface area (Å²) in [6.45, 7) is 0. The zero-order valence-corrected chi connectivity index (χ0v) is 7.52. The van der Waals surface area contributed by atoms with Crippen LogP contribution < -0.4 is 0 Å². The van der Waals surface area contributed by atoms with Gasteiger partial charge in [-0.05, 0) is 22.2 Å². The molecule has 3 aromatic rings. The Hall–Kier alpha value is -2.02. The van der Waals surface area contributed by atoms with E-state index in [4.69, 9.17) is 11.0 Å². The molecule has 3 rings (SSSR count). The Morgan fingerprint density at radius 3 is 2.20 bits per heavy atom. The molecular formula is C14H10O. The third-order valence-electron chi connectivity index (χ3n) is 2.19. The van der Waals surface area contributed by atoms with Crippen molar-refractivity contribution in [3.8, 4) is 5.75 Å². The summed E-state index contributed by atoms with van der Waals surface area (Å²) in [5.74, 6) is -0.454. The van der Waals surface area contributed by atoms with Crippen LogP contribution in [-0.2, 0) is 0 Å². The number of rotatable bonds is 0. The van der Waals surface area contributed by atoms with E-state index in [0.717, 1.165) is 6.07 Å². The molecule has 0 aliphatic carbocycles. The lowest BCUT2D eigenvalue weighted by Crippen LogP contribution is -1.77. The molecule has 1 heteroatoms. The van der Waals surface area contributed by atoms with Gasteiger partial charge >= 0.3 is 0 Å². The molecule has 0 aliphatic rings. The standard InChI is InChI=1S/C14H10O/c15-14-9-10-5-1-2-6-11(10)12-7-3-4-8-13(12)14/h1-9,15H/i1D,2D,3D,4D,5D,6D,7D,8D. The first-order valence-corrected chi connectivity index (χ1v) is 4.30. The molecule has 0 amide bonds. The number of hydrogen-bond acceptors (Lipinski definition) is 1. The van der Waals surface area contributed by atoms with E-state index >= 15 is 0 Å². The lowest BCUT2D eigenvalue weighted by Gasteiger charge is -2.05. The van der Waals surface area contributed by atoms with Gasteiger partial charge in [-0.15, -0.1) is 0 Å². The molecule has 0 bridgehead atoms. The summed E-state index contributed by atoms with van der Waals surface area (Å²) in [7, 11) is 0. The fraction of sp³-hybridized carbons (Fsp3) is 0. The predicted molar refractivity (Wildman–Crippen MR) is 63.1 cm³/mol. The van der Waals surface area contributed by atoms with Crippen molar-refractivity contribution in [2.45, 2.75) is 0 Å². The van der Waals surface area contributed by atoms with Gasteiger partial charge in [0.05, 0.1) is 11.0 Å². The van der Waals surface area contributed by atoms with Gasteiger partial charge in [-0.1, -0.05) is 48.3 Å². The Labute approximate surface area is 98.8 Å². The number of phenols is 1. The van der Waals surface area contributed by atoms with Gasteiger partial charge in [0.2, 0.25) is 0 Å². The topological polar surface area (TPSA) is 20.2 Å². The summed E-state index contributed by atoms with van der Waals surface area (Å²) in [5.41, 5.74) is 0. The summed E-state index contributed by atoms with van der Waals surface area (Å²) in [5, 5.41) is 9.87. The highest BCUT2D eigenvalue weighted by molar-refractivity contribution is 6.10. The van der Waals surface area contributed by atoms with Crippen LogP contribution in [0.4, 0.5) is 0 Å². The Kier molecular flexibility index (Phi) is 0.703. The summed E-state index contributed by atoms with van der Waals surface area (Å²) in [4.78, 5) is 0. The van der Waals surface area contributed by atoms with E-state index in [1.165, 1.54) is 0 Å². The van der Waals surface area contributed by atoms with Crippen molar-refractivity contribution in [1.29, 1.82) is 0 Å². The van der Waals surface area contributed by atoms with E-state index in [1.807, 2.05) is 0 Å². The zero-order valence-electron chi connectivity index (χ0n) is 15.5. The molecule has 72 valence electrons. The van der Waals surface area contributed by atoms with Crippen LogP contribution in [0.1, 0.15) is 11.0 Å². The van der Waals surface area contributed by atoms with Gasteiger partial charge in [-0.3, -0.25) is 0 Å². The maximum atomic E-state index is 10.2. The average Bonchev–Trinajstić information content (AvgIpc) is 2.53. The number of aromatic hydroxyl groups is 1. The normalized spacial score (nSPS) is 18.4. The van der Waals surface area contributed by atoms with Crippen molar-refractivity contribution in [2.75, 3.05) is 0 Å². The highest BCUT2D eigenvalue weighted by Crippen LogP contribution is 2.32. The van der Waals surface area contributed by atoms with Gasteiger partial charge in [0.25, 0.3) is 0 Å². The van der Waals surface area contributed by atoms with Crippen LogP contribution >= 0.6 is 0 Å². The third-order valence-corrected chi connectivity index (χ3v) is 2.19. The largest absolute Gasteiger partial charge is 0.507 e. The van der Waals surface area contributed by atoms with Crippen molar-refractivity contribution in [1.82, 2.24) is 0 Å². The SMILES string of the molecule is [2H]c1c([2H])c([2H])c2c(cc(O)c3c([2H])c([2H])c([2H])c([2H])c32)c1[2H]. The van der Waals surface area contributed by atoms with Crippen molar-refractivity contribution in [3.63, 3.8) is 0 Å². The van der Waals surface area contributed by atoms with Crippen molar-refractivity contribution in [2.24, 2.45) is 0 Å². The Morgan fingerprint density at radius 2 is 1.40 bits per heavy atom. The molecule has 0 atom stereocenters. The number of hydrogen-bond donors (Lipinski definition) is 1. The Morgan fingerprint density at radius 1 is 0.800 bits per heavy atom. The smallest absolute Gasteiger partial charge is 0.124 e. The lowest BCUT2D eigenvalue weighted by molar-refractivity contribution is 0.482. The fourth-order valence-corrected chi connectivity index (χ4v) is 1.53. The number of phenolic OH excluding ortho intramolecular Hbond substituents is 1. The van der Waals surface area contributed by atoms with Gasteiger partial charge in [-0.25, -0.2) is 0 Å². The second kappa shape index (κ2) is 2.99. The van der Waals surface area contributed by atoms with Gasteiger partial charge in [-0.2, -0.15) is 0 Å². The lowest BCUT2D eigenvalue weighted by atomic mass is 10.0. The predicted octanol–water partition coefficient (Wildman–Crippen LogP) is 3.70. The first-order valence-electron chi connectivity index (χ1n) is 8.30. The average molecular weight is 202 g/mol. The minimum absolute atomic E-state index is 0.00558. The van der Waals surface area contributed by atoms with Crippen LogP contribution in [0.3, 0.4) is 0 Å². The molecule has 0 aliphatic heterocycles. The Balaban J connectivity index is 2.80. The van der Waals surface area contributed by atoms with Gasteiger partial charge in [0.15, 0.2) is 0 Å². The molecule has 1 N–H and O–H groups in total. The van der Waals surface area contributed by atoms with E-state index in [0.29, 0.717) is 0 Å². The fourth-order valence-electron chi connectivity index (χ4n) is 1.53. The Bertz CT molecular complexity index is 1010. The van der Waals surface area contributed by atoms with Crippen LogP contribution in [0, 0.1) is 0 Å².